The molecule has 0 aromatic heterocycles. The summed E-state index contributed by atoms with van der Waals surface area (Å²) in [7, 11) is 0. The molecule has 0 aliphatic heterocycles. The Balaban J connectivity index is 5.72. The first-order valence-electron chi connectivity index (χ1n) is 11.8. The maximum Gasteiger partial charge on any atom is 0.328 e. The van der Waals surface area contributed by atoms with E-state index >= 15 is 0 Å². The van der Waals surface area contributed by atoms with Gasteiger partial charge in [-0.3, -0.25) is 24.0 Å². The fraction of sp³-hybridized carbons (Fsp3) is 0.727. The molecule has 0 saturated carbocycles. The van der Waals surface area contributed by atoms with Gasteiger partial charge in [-0.05, 0) is 25.2 Å². The zero-order chi connectivity index (χ0) is 28.2. The van der Waals surface area contributed by atoms with E-state index in [4.69, 9.17) is 11.5 Å². The minimum Gasteiger partial charge on any atom is -0.480 e. The lowest BCUT2D eigenvalue weighted by Crippen LogP contribution is -2.61. The van der Waals surface area contributed by atoms with Crippen molar-refractivity contribution >= 4 is 35.5 Å². The molecule has 36 heavy (non-hydrogen) atoms. The molecule has 0 rings (SSSR count). The summed E-state index contributed by atoms with van der Waals surface area (Å²) >= 11 is 0. The van der Waals surface area contributed by atoms with Crippen molar-refractivity contribution in [1.29, 1.82) is 0 Å². The number of aliphatic hydroxyl groups is 1. The minimum atomic E-state index is -1.58. The number of nitrogens with two attached hydrogens (primary N) is 2. The van der Waals surface area contributed by atoms with Crippen molar-refractivity contribution in [3.63, 3.8) is 0 Å². The Kier molecular flexibility index (Phi) is 14.3. The molecule has 206 valence electrons. The summed E-state index contributed by atoms with van der Waals surface area (Å²) in [5, 5.41) is 28.6. The number of aliphatic carboxylic acids is 1. The number of nitrogens with one attached hydrogen (secondary N) is 4. The third-order valence-electron chi connectivity index (χ3n) is 5.60. The lowest BCUT2D eigenvalue weighted by molar-refractivity contribution is -0.145. The second-order valence-corrected chi connectivity index (χ2v) is 9.00. The first-order chi connectivity index (χ1) is 16.7. The van der Waals surface area contributed by atoms with Crippen molar-refractivity contribution in [2.75, 3.05) is 6.54 Å². The average Bonchev–Trinajstić information content (AvgIpc) is 2.79. The smallest absolute Gasteiger partial charge is 0.328 e. The van der Waals surface area contributed by atoms with Crippen LogP contribution in [0.2, 0.25) is 0 Å². The number of hydrogen-bond donors (Lipinski definition) is 8. The molecule has 0 fully saturated rings. The van der Waals surface area contributed by atoms with Crippen molar-refractivity contribution in [3.8, 4) is 0 Å². The van der Waals surface area contributed by atoms with Crippen LogP contribution < -0.4 is 32.7 Å². The molecule has 14 nitrogen and oxygen atoms in total. The number of hydrogen-bond acceptors (Lipinski definition) is 8. The summed E-state index contributed by atoms with van der Waals surface area (Å²) in [5.74, 6) is -5.94. The van der Waals surface area contributed by atoms with Gasteiger partial charge in [-0.2, -0.15) is 0 Å². The minimum absolute atomic E-state index is 0.118. The van der Waals surface area contributed by atoms with E-state index in [-0.39, 0.29) is 12.8 Å². The monoisotopic (exact) mass is 516 g/mol. The van der Waals surface area contributed by atoms with Crippen LogP contribution in [0, 0.1) is 11.8 Å². The van der Waals surface area contributed by atoms with Crippen molar-refractivity contribution in [2.24, 2.45) is 23.3 Å². The molecule has 0 saturated heterocycles. The summed E-state index contributed by atoms with van der Waals surface area (Å²) in [6.07, 6.45) is -1.26. The second-order valence-electron chi connectivity index (χ2n) is 9.00. The Hall–Kier alpha value is -3.26. The van der Waals surface area contributed by atoms with E-state index < -0.39 is 84.2 Å². The van der Waals surface area contributed by atoms with Crippen LogP contribution in [0.5, 0.6) is 0 Å². The lowest BCUT2D eigenvalue weighted by atomic mass is 9.95. The molecule has 0 aliphatic rings. The van der Waals surface area contributed by atoms with Gasteiger partial charge in [-0.15, -0.1) is 0 Å². The molecule has 6 atom stereocenters. The predicted octanol–water partition coefficient (Wildman–Crippen LogP) is -2.68. The van der Waals surface area contributed by atoms with Gasteiger partial charge in [-0.1, -0.05) is 34.1 Å². The Labute approximate surface area is 210 Å². The molecular weight excluding hydrogens is 476 g/mol. The maximum atomic E-state index is 13.1. The van der Waals surface area contributed by atoms with Gasteiger partial charge in [0.25, 0.3) is 0 Å². The first-order valence-corrected chi connectivity index (χ1v) is 11.8. The standard InChI is InChI=1S/C22H40N6O8/c1-6-11(4)17(21(34)28-18(12(5)29)22(35)36)27-20(33)16(10(2)3)26-19(32)13(7-8-14(24)30)25-15(31)9-23/h10-13,16-18,29H,6-9,23H2,1-5H3,(H2,24,30)(H,25,31)(H,26,32)(H,27,33)(H,28,34)(H,35,36)/t11-,12+,13-,16-,17-,18-/m0/s1. The van der Waals surface area contributed by atoms with Gasteiger partial charge in [0.1, 0.15) is 18.1 Å². The van der Waals surface area contributed by atoms with Crippen LogP contribution in [0.15, 0.2) is 0 Å². The van der Waals surface area contributed by atoms with E-state index in [9.17, 15) is 39.0 Å². The number of primary amides is 1. The number of carbonyl (C=O) groups excluding carboxylic acids is 5. The molecular formula is C22H40N6O8. The Morgan fingerprint density at radius 3 is 1.72 bits per heavy atom. The first kappa shape index (κ1) is 32.7. The van der Waals surface area contributed by atoms with Gasteiger partial charge in [0, 0.05) is 6.42 Å². The zero-order valence-electron chi connectivity index (χ0n) is 21.4. The van der Waals surface area contributed by atoms with Crippen LogP contribution in [0.25, 0.3) is 0 Å². The molecule has 0 spiro atoms. The molecule has 0 aliphatic carbocycles. The van der Waals surface area contributed by atoms with Gasteiger partial charge >= 0.3 is 5.97 Å². The molecule has 0 aromatic carbocycles. The highest BCUT2D eigenvalue weighted by atomic mass is 16.4. The highest BCUT2D eigenvalue weighted by molar-refractivity contribution is 5.95. The highest BCUT2D eigenvalue weighted by Gasteiger charge is 2.35. The number of carboxylic acid groups (broad SMARTS) is 1. The predicted molar refractivity (Wildman–Crippen MR) is 129 cm³/mol. The van der Waals surface area contributed by atoms with Crippen LogP contribution in [-0.2, 0) is 28.8 Å². The molecule has 0 unspecified atom stereocenters. The molecule has 0 bridgehead atoms. The third kappa shape index (κ3) is 11.0. The molecule has 0 aromatic rings. The molecule has 5 amide bonds. The fourth-order valence-electron chi connectivity index (χ4n) is 3.17. The van der Waals surface area contributed by atoms with Crippen LogP contribution in [0.4, 0.5) is 0 Å². The summed E-state index contributed by atoms with van der Waals surface area (Å²) < 4.78 is 0. The van der Waals surface area contributed by atoms with E-state index in [2.05, 4.69) is 21.3 Å². The number of carbonyl (C=O) groups is 6. The van der Waals surface area contributed by atoms with Crippen LogP contribution in [-0.4, -0.2) is 82.5 Å². The van der Waals surface area contributed by atoms with Crippen LogP contribution in [0.3, 0.4) is 0 Å². The number of aliphatic hydroxyl groups excluding tert-OH is 1. The van der Waals surface area contributed by atoms with Crippen molar-refractivity contribution < 1.29 is 39.0 Å². The number of rotatable bonds is 16. The summed E-state index contributed by atoms with van der Waals surface area (Å²) in [4.78, 5) is 73.1. The quantitative estimate of drug-likeness (QED) is 0.106. The number of amides is 5. The molecule has 0 radical (unpaired) electrons. The van der Waals surface area contributed by atoms with Gasteiger partial charge in [0.05, 0.1) is 12.6 Å². The molecule has 0 heterocycles. The normalized spacial score (nSPS) is 16.0. The lowest BCUT2D eigenvalue weighted by Gasteiger charge is -2.30. The molecule has 10 N–H and O–H groups in total. The third-order valence-corrected chi connectivity index (χ3v) is 5.60. The van der Waals surface area contributed by atoms with Gasteiger partial charge in [0.15, 0.2) is 6.04 Å². The van der Waals surface area contributed by atoms with Crippen molar-refractivity contribution in [1.82, 2.24) is 21.3 Å². The summed E-state index contributed by atoms with van der Waals surface area (Å²) in [6.45, 7) is 7.54. The van der Waals surface area contributed by atoms with E-state index in [0.29, 0.717) is 6.42 Å². The Morgan fingerprint density at radius 2 is 1.31 bits per heavy atom. The van der Waals surface area contributed by atoms with Crippen LogP contribution in [0.1, 0.15) is 53.9 Å². The highest BCUT2D eigenvalue weighted by Crippen LogP contribution is 2.12. The summed E-state index contributed by atoms with van der Waals surface area (Å²) in [6, 6.07) is -5.07. The topological polar surface area (TPSA) is 243 Å². The van der Waals surface area contributed by atoms with Crippen molar-refractivity contribution in [2.45, 2.75) is 84.2 Å². The zero-order valence-corrected chi connectivity index (χ0v) is 21.4. The fourth-order valence-corrected chi connectivity index (χ4v) is 3.17. The SMILES string of the molecule is CC[C@H](C)[C@H](NC(=O)[C@@H](NC(=O)[C@H](CCC(N)=O)NC(=O)CN)C(C)C)C(=O)N[C@H](C(=O)O)[C@@H](C)O. The van der Waals surface area contributed by atoms with Gasteiger partial charge < -0.3 is 42.9 Å². The van der Waals surface area contributed by atoms with Gasteiger partial charge in [-0.25, -0.2) is 4.79 Å². The van der Waals surface area contributed by atoms with Crippen LogP contribution >= 0.6 is 0 Å². The largest absolute Gasteiger partial charge is 0.480 e. The van der Waals surface area contributed by atoms with E-state index in [0.717, 1.165) is 0 Å². The number of carboxylic acids is 1. The molecule has 14 heteroatoms. The Morgan fingerprint density at radius 1 is 0.806 bits per heavy atom. The van der Waals surface area contributed by atoms with Gasteiger partial charge in [0.2, 0.25) is 29.5 Å². The van der Waals surface area contributed by atoms with E-state index in [1.807, 2.05) is 0 Å². The second kappa shape index (κ2) is 15.7. The van der Waals surface area contributed by atoms with E-state index in [1.165, 1.54) is 6.92 Å². The average molecular weight is 517 g/mol. The van der Waals surface area contributed by atoms with Crippen molar-refractivity contribution in [3.05, 3.63) is 0 Å². The Bertz CT molecular complexity index is 803. The van der Waals surface area contributed by atoms with E-state index in [1.54, 1.807) is 27.7 Å². The summed E-state index contributed by atoms with van der Waals surface area (Å²) in [5.41, 5.74) is 10.4. The maximum absolute atomic E-state index is 13.1.